The van der Waals surface area contributed by atoms with Gasteiger partial charge in [-0.2, -0.15) is 0 Å². The summed E-state index contributed by atoms with van der Waals surface area (Å²) < 4.78 is 2.01. The largest absolute Gasteiger partial charge is 0.328 e. The van der Waals surface area contributed by atoms with Crippen LogP contribution in [0.15, 0.2) is 0 Å². The molecule has 1 aliphatic heterocycles. The van der Waals surface area contributed by atoms with Crippen molar-refractivity contribution in [3.05, 3.63) is 5.82 Å². The van der Waals surface area contributed by atoms with Gasteiger partial charge in [0.15, 0.2) is 5.82 Å². The second-order valence-corrected chi connectivity index (χ2v) is 5.74. The Hall–Kier alpha value is -1.01. The Morgan fingerprint density at radius 1 is 1.28 bits per heavy atom. The molecule has 1 atom stereocenters. The Balaban J connectivity index is 1.56. The highest BCUT2D eigenvalue weighted by Gasteiger charge is 2.29. The van der Waals surface area contributed by atoms with Crippen LogP contribution in [0, 0.1) is 5.92 Å². The van der Waals surface area contributed by atoms with Gasteiger partial charge in [-0.25, -0.2) is 4.68 Å². The molecule has 1 saturated carbocycles. The average molecular weight is 250 g/mol. The lowest BCUT2D eigenvalue weighted by molar-refractivity contribution is 0.160. The fourth-order valence-electron chi connectivity index (χ4n) is 2.76. The van der Waals surface area contributed by atoms with E-state index in [-0.39, 0.29) is 0 Å². The molecule has 1 aromatic rings. The Bertz CT molecular complexity index is 389. The lowest BCUT2D eigenvalue weighted by Gasteiger charge is -2.33. The summed E-state index contributed by atoms with van der Waals surface area (Å²) in [6.07, 6.45) is 4.85. The van der Waals surface area contributed by atoms with Crippen LogP contribution in [0.5, 0.6) is 0 Å². The second-order valence-electron chi connectivity index (χ2n) is 5.74. The molecule has 2 N–H and O–H groups in total. The summed E-state index contributed by atoms with van der Waals surface area (Å²) in [5.74, 6) is 1.71. The maximum Gasteiger partial charge on any atom is 0.165 e. The van der Waals surface area contributed by atoms with E-state index in [1.807, 2.05) is 4.68 Å². The number of hydrogen-bond acceptors (Lipinski definition) is 5. The Labute approximate surface area is 108 Å². The highest BCUT2D eigenvalue weighted by atomic mass is 15.6. The Morgan fingerprint density at radius 3 is 2.61 bits per heavy atom. The van der Waals surface area contributed by atoms with Crippen LogP contribution in [-0.2, 0) is 6.54 Å². The van der Waals surface area contributed by atoms with E-state index in [0.717, 1.165) is 25.5 Å². The minimum Gasteiger partial charge on any atom is -0.328 e. The fourth-order valence-corrected chi connectivity index (χ4v) is 2.76. The van der Waals surface area contributed by atoms with Crippen molar-refractivity contribution in [2.24, 2.45) is 11.7 Å². The first-order valence-corrected chi connectivity index (χ1v) is 6.98. The van der Waals surface area contributed by atoms with E-state index in [4.69, 9.17) is 5.73 Å². The molecule has 1 saturated heterocycles. The van der Waals surface area contributed by atoms with E-state index >= 15 is 0 Å². The Morgan fingerprint density at radius 2 is 2.00 bits per heavy atom. The van der Waals surface area contributed by atoms with Gasteiger partial charge in [0.1, 0.15) is 0 Å². The van der Waals surface area contributed by atoms with Gasteiger partial charge >= 0.3 is 0 Å². The van der Waals surface area contributed by atoms with Gasteiger partial charge in [-0.15, -0.1) is 5.10 Å². The van der Waals surface area contributed by atoms with Gasteiger partial charge in [0.05, 0.1) is 12.6 Å². The summed E-state index contributed by atoms with van der Waals surface area (Å²) in [6.45, 7) is 5.23. The highest BCUT2D eigenvalue weighted by Crippen LogP contribution is 2.34. The van der Waals surface area contributed by atoms with Gasteiger partial charge in [0.2, 0.25) is 0 Å². The van der Waals surface area contributed by atoms with Crippen molar-refractivity contribution >= 4 is 0 Å². The molecule has 2 fully saturated rings. The van der Waals surface area contributed by atoms with Crippen molar-refractivity contribution in [2.75, 3.05) is 13.1 Å². The maximum absolute atomic E-state index is 5.97. The van der Waals surface area contributed by atoms with Crippen molar-refractivity contribution < 1.29 is 0 Å². The number of aromatic nitrogens is 4. The quantitative estimate of drug-likeness (QED) is 0.845. The van der Waals surface area contributed by atoms with E-state index in [2.05, 4.69) is 27.3 Å². The molecule has 2 heterocycles. The molecule has 2 aliphatic rings. The van der Waals surface area contributed by atoms with Gasteiger partial charge in [0.25, 0.3) is 0 Å². The summed E-state index contributed by atoms with van der Waals surface area (Å²) in [5.41, 5.74) is 5.97. The van der Waals surface area contributed by atoms with Gasteiger partial charge in [-0.3, -0.25) is 4.90 Å². The molecule has 3 rings (SSSR count). The van der Waals surface area contributed by atoms with Crippen molar-refractivity contribution in [2.45, 2.75) is 51.2 Å². The van der Waals surface area contributed by atoms with Crippen LogP contribution in [0.3, 0.4) is 0 Å². The van der Waals surface area contributed by atoms with Crippen molar-refractivity contribution in [3.8, 4) is 0 Å². The van der Waals surface area contributed by atoms with Crippen molar-refractivity contribution in [3.63, 3.8) is 0 Å². The van der Waals surface area contributed by atoms with Crippen LogP contribution in [0.4, 0.5) is 0 Å². The van der Waals surface area contributed by atoms with E-state index < -0.39 is 0 Å². The van der Waals surface area contributed by atoms with Gasteiger partial charge in [-0.1, -0.05) is 0 Å². The molecular weight excluding hydrogens is 228 g/mol. The normalized spacial score (nSPS) is 24.3. The smallest absolute Gasteiger partial charge is 0.165 e. The zero-order chi connectivity index (χ0) is 12.5. The minimum absolute atomic E-state index is 0.323. The third kappa shape index (κ3) is 2.54. The predicted octanol–water partition coefficient (Wildman–Crippen LogP) is 0.567. The number of tetrazole rings is 1. The first-order chi connectivity index (χ1) is 8.74. The molecule has 0 radical (unpaired) electrons. The highest BCUT2D eigenvalue weighted by molar-refractivity contribution is 4.91. The first kappa shape index (κ1) is 12.0. The van der Waals surface area contributed by atoms with Gasteiger partial charge in [0, 0.05) is 6.04 Å². The standard InChI is InChI=1S/C12H22N6/c1-9(13)10-4-6-17(7-5-10)8-12-14-15-16-18(12)11-2-3-11/h9-11H,2-8,13H2,1H3. The average Bonchev–Trinajstić information content (AvgIpc) is 3.11. The number of nitrogens with two attached hydrogens (primary N) is 1. The minimum atomic E-state index is 0.323. The molecule has 0 bridgehead atoms. The molecule has 18 heavy (non-hydrogen) atoms. The third-order valence-electron chi connectivity index (χ3n) is 4.19. The van der Waals surface area contributed by atoms with E-state index in [0.29, 0.717) is 18.0 Å². The first-order valence-electron chi connectivity index (χ1n) is 6.98. The van der Waals surface area contributed by atoms with Crippen LogP contribution < -0.4 is 5.73 Å². The molecule has 6 heteroatoms. The third-order valence-corrected chi connectivity index (χ3v) is 4.19. The number of hydrogen-bond donors (Lipinski definition) is 1. The lowest BCUT2D eigenvalue weighted by Crippen LogP contribution is -2.39. The molecular formula is C12H22N6. The topological polar surface area (TPSA) is 72.9 Å². The van der Waals surface area contributed by atoms with Crippen LogP contribution >= 0.6 is 0 Å². The lowest BCUT2D eigenvalue weighted by atomic mass is 9.91. The fraction of sp³-hybridized carbons (Fsp3) is 0.917. The van der Waals surface area contributed by atoms with Gasteiger partial charge in [-0.05, 0) is 62.0 Å². The number of rotatable bonds is 4. The van der Waals surface area contributed by atoms with E-state index in [1.165, 1.54) is 25.7 Å². The summed E-state index contributed by atoms with van der Waals surface area (Å²) in [5, 5.41) is 12.1. The molecule has 1 aliphatic carbocycles. The SMILES string of the molecule is CC(N)C1CCN(Cc2nnnn2C2CC2)CC1. The number of piperidine rings is 1. The Kier molecular flexibility index (Phi) is 3.30. The molecule has 1 unspecified atom stereocenters. The summed E-state index contributed by atoms with van der Waals surface area (Å²) in [7, 11) is 0. The van der Waals surface area contributed by atoms with Crippen molar-refractivity contribution in [1.82, 2.24) is 25.1 Å². The molecule has 6 nitrogen and oxygen atoms in total. The van der Waals surface area contributed by atoms with Crippen LogP contribution in [0.25, 0.3) is 0 Å². The number of likely N-dealkylation sites (tertiary alicyclic amines) is 1. The summed E-state index contributed by atoms with van der Waals surface area (Å²) >= 11 is 0. The number of nitrogens with zero attached hydrogens (tertiary/aromatic N) is 5. The van der Waals surface area contributed by atoms with Crippen LogP contribution in [0.2, 0.25) is 0 Å². The van der Waals surface area contributed by atoms with E-state index in [1.54, 1.807) is 0 Å². The van der Waals surface area contributed by atoms with Crippen LogP contribution in [0.1, 0.15) is 44.5 Å². The van der Waals surface area contributed by atoms with Crippen molar-refractivity contribution in [1.29, 1.82) is 0 Å². The molecule has 0 aromatic carbocycles. The molecule has 1 aromatic heterocycles. The zero-order valence-corrected chi connectivity index (χ0v) is 11.0. The molecule has 0 spiro atoms. The summed E-state index contributed by atoms with van der Waals surface area (Å²) in [4.78, 5) is 2.45. The monoisotopic (exact) mass is 250 g/mol. The van der Waals surface area contributed by atoms with Crippen LogP contribution in [-0.4, -0.2) is 44.2 Å². The predicted molar refractivity (Wildman–Crippen MR) is 67.7 cm³/mol. The van der Waals surface area contributed by atoms with Gasteiger partial charge < -0.3 is 5.73 Å². The second kappa shape index (κ2) is 4.93. The molecule has 100 valence electrons. The zero-order valence-electron chi connectivity index (χ0n) is 11.0. The molecule has 0 amide bonds. The van der Waals surface area contributed by atoms with E-state index in [9.17, 15) is 0 Å². The summed E-state index contributed by atoms with van der Waals surface area (Å²) in [6, 6.07) is 0.889. The maximum atomic E-state index is 5.97.